The molecule has 0 radical (unpaired) electrons. The quantitative estimate of drug-likeness (QED) is 0.580. The summed E-state index contributed by atoms with van der Waals surface area (Å²) in [7, 11) is 0. The second-order valence-electron chi connectivity index (χ2n) is 6.09. The molecule has 0 spiro atoms. The van der Waals surface area contributed by atoms with Crippen molar-refractivity contribution in [3.05, 3.63) is 46.5 Å². The second kappa shape index (κ2) is 5.22. The zero-order valence-corrected chi connectivity index (χ0v) is 13.9. The van der Waals surface area contributed by atoms with E-state index in [1.807, 2.05) is 0 Å². The summed E-state index contributed by atoms with van der Waals surface area (Å²) in [5.41, 5.74) is 8.80. The number of aryl methyl sites for hydroxylation is 3. The van der Waals surface area contributed by atoms with Gasteiger partial charge in [0.2, 0.25) is 0 Å². The molecule has 0 aliphatic carbocycles. The van der Waals surface area contributed by atoms with Crippen LogP contribution in [0.3, 0.4) is 0 Å². The van der Waals surface area contributed by atoms with E-state index in [9.17, 15) is 0 Å². The third kappa shape index (κ3) is 1.91. The average Bonchev–Trinajstić information content (AvgIpc) is 2.83. The topological polar surface area (TPSA) is 4.93 Å². The Bertz CT molecular complexity index is 821. The molecule has 0 aliphatic heterocycles. The highest BCUT2D eigenvalue weighted by Gasteiger charge is 2.18. The van der Waals surface area contributed by atoms with Gasteiger partial charge >= 0.3 is 0 Å². The first-order valence-electron chi connectivity index (χ1n) is 8.11. The van der Waals surface area contributed by atoms with Crippen LogP contribution in [0, 0.1) is 20.8 Å². The lowest BCUT2D eigenvalue weighted by atomic mass is 9.91. The largest absolute Gasteiger partial charge is 0.341 e. The van der Waals surface area contributed by atoms with Crippen LogP contribution in [-0.2, 0) is 13.0 Å². The molecule has 0 N–H and O–H groups in total. The predicted octanol–water partition coefficient (Wildman–Crippen LogP) is 5.69. The molecule has 3 aromatic rings. The molecule has 0 bridgehead atoms. The first-order chi connectivity index (χ1) is 10.1. The van der Waals surface area contributed by atoms with E-state index in [0.29, 0.717) is 0 Å². The van der Waals surface area contributed by atoms with Crippen molar-refractivity contribution >= 4 is 21.8 Å². The fourth-order valence-corrected chi connectivity index (χ4v) is 3.75. The fourth-order valence-electron chi connectivity index (χ4n) is 3.75. The van der Waals surface area contributed by atoms with Gasteiger partial charge in [0.25, 0.3) is 0 Å². The summed E-state index contributed by atoms with van der Waals surface area (Å²) in [6.07, 6.45) is 2.36. The molecule has 3 rings (SSSR count). The molecule has 0 amide bonds. The number of benzene rings is 2. The monoisotopic (exact) mass is 279 g/mol. The van der Waals surface area contributed by atoms with Gasteiger partial charge in [0, 0.05) is 22.8 Å². The minimum atomic E-state index is 1.03. The number of para-hydroxylation sites is 1. The molecule has 0 saturated carbocycles. The highest BCUT2D eigenvalue weighted by atomic mass is 15.0. The summed E-state index contributed by atoms with van der Waals surface area (Å²) in [4.78, 5) is 0. The Morgan fingerprint density at radius 2 is 1.62 bits per heavy atom. The van der Waals surface area contributed by atoms with Gasteiger partial charge < -0.3 is 4.57 Å². The molecule has 1 heterocycles. The van der Waals surface area contributed by atoms with E-state index in [2.05, 4.69) is 63.5 Å². The van der Waals surface area contributed by atoms with Gasteiger partial charge in [-0.3, -0.25) is 0 Å². The van der Waals surface area contributed by atoms with Gasteiger partial charge in [-0.05, 0) is 62.4 Å². The summed E-state index contributed by atoms with van der Waals surface area (Å²) in [5, 5.41) is 2.88. The molecule has 2 aromatic carbocycles. The Hall–Kier alpha value is -1.76. The van der Waals surface area contributed by atoms with E-state index >= 15 is 0 Å². The minimum absolute atomic E-state index is 1.03. The van der Waals surface area contributed by atoms with E-state index in [0.717, 1.165) is 6.54 Å². The van der Waals surface area contributed by atoms with E-state index in [4.69, 9.17) is 0 Å². The number of aromatic nitrogens is 1. The summed E-state index contributed by atoms with van der Waals surface area (Å²) in [6.45, 7) is 12.4. The lowest BCUT2D eigenvalue weighted by Gasteiger charge is -2.16. The van der Waals surface area contributed by atoms with Crippen LogP contribution in [0.15, 0.2) is 24.3 Å². The van der Waals surface area contributed by atoms with E-state index in [-0.39, 0.29) is 0 Å². The molecule has 0 unspecified atom stereocenters. The number of fused-ring (bicyclic) bond motifs is 3. The summed E-state index contributed by atoms with van der Waals surface area (Å²) in [5.74, 6) is 0. The zero-order valence-electron chi connectivity index (χ0n) is 13.9. The van der Waals surface area contributed by atoms with Crippen LogP contribution in [0.4, 0.5) is 0 Å². The van der Waals surface area contributed by atoms with Gasteiger partial charge in [0.1, 0.15) is 0 Å². The average molecular weight is 279 g/mol. The molecule has 0 fully saturated rings. The van der Waals surface area contributed by atoms with Gasteiger partial charge in [0.15, 0.2) is 0 Å². The minimum Gasteiger partial charge on any atom is -0.341 e. The van der Waals surface area contributed by atoms with Crippen molar-refractivity contribution in [2.75, 3.05) is 0 Å². The van der Waals surface area contributed by atoms with Crippen LogP contribution in [0.25, 0.3) is 21.8 Å². The Morgan fingerprint density at radius 3 is 2.29 bits per heavy atom. The van der Waals surface area contributed by atoms with Gasteiger partial charge in [-0.15, -0.1) is 0 Å². The number of hydrogen-bond acceptors (Lipinski definition) is 0. The van der Waals surface area contributed by atoms with Crippen molar-refractivity contribution in [3.63, 3.8) is 0 Å². The van der Waals surface area contributed by atoms with Crippen molar-refractivity contribution in [3.8, 4) is 0 Å². The molecule has 21 heavy (non-hydrogen) atoms. The summed E-state index contributed by atoms with van der Waals surface area (Å²) >= 11 is 0. The van der Waals surface area contributed by atoms with E-state index in [1.165, 1.54) is 51.3 Å². The van der Waals surface area contributed by atoms with Crippen LogP contribution in [0.5, 0.6) is 0 Å². The molecule has 0 aliphatic rings. The number of hydrogen-bond donors (Lipinski definition) is 0. The smallest absolute Gasteiger partial charge is 0.0529 e. The lowest BCUT2D eigenvalue weighted by Crippen LogP contribution is -2.02. The predicted molar refractivity (Wildman–Crippen MR) is 93.3 cm³/mol. The second-order valence-corrected chi connectivity index (χ2v) is 6.09. The van der Waals surface area contributed by atoms with Crippen molar-refractivity contribution in [1.29, 1.82) is 0 Å². The van der Waals surface area contributed by atoms with Gasteiger partial charge in [-0.25, -0.2) is 0 Å². The van der Waals surface area contributed by atoms with E-state index in [1.54, 1.807) is 5.56 Å². The Kier molecular flexibility index (Phi) is 3.52. The van der Waals surface area contributed by atoms with Gasteiger partial charge in [-0.1, -0.05) is 31.5 Å². The maximum Gasteiger partial charge on any atom is 0.0529 e. The third-order valence-electron chi connectivity index (χ3n) is 5.03. The molecule has 1 nitrogen and oxygen atoms in total. The Morgan fingerprint density at radius 1 is 0.905 bits per heavy atom. The SMILES string of the molecule is CCCc1c(C)c(C)c(C)c2c3ccccc3n(CC)c12. The fraction of sp³-hybridized carbons (Fsp3) is 0.400. The number of rotatable bonds is 3. The maximum absolute atomic E-state index is 2.51. The van der Waals surface area contributed by atoms with Crippen molar-refractivity contribution in [2.45, 2.75) is 54.0 Å². The standard InChI is InChI=1S/C20H25N/c1-6-10-16-14(4)13(3)15(5)19-17-11-8-9-12-18(17)21(7-2)20(16)19/h8-9,11-12H,6-7,10H2,1-5H3. The molecule has 110 valence electrons. The molecular weight excluding hydrogens is 254 g/mol. The van der Waals surface area contributed by atoms with Crippen LogP contribution < -0.4 is 0 Å². The highest BCUT2D eigenvalue weighted by molar-refractivity contribution is 6.11. The van der Waals surface area contributed by atoms with Gasteiger partial charge in [-0.2, -0.15) is 0 Å². The molecular formula is C20H25N. The van der Waals surface area contributed by atoms with E-state index < -0.39 is 0 Å². The highest BCUT2D eigenvalue weighted by Crippen LogP contribution is 2.37. The normalized spacial score (nSPS) is 11.7. The molecule has 0 atom stereocenters. The van der Waals surface area contributed by atoms with Crippen molar-refractivity contribution in [2.24, 2.45) is 0 Å². The summed E-state index contributed by atoms with van der Waals surface area (Å²) in [6, 6.07) is 8.86. The number of nitrogens with zero attached hydrogens (tertiary/aromatic N) is 1. The van der Waals surface area contributed by atoms with Crippen molar-refractivity contribution < 1.29 is 0 Å². The lowest BCUT2D eigenvalue weighted by molar-refractivity contribution is 0.813. The third-order valence-corrected chi connectivity index (χ3v) is 5.03. The van der Waals surface area contributed by atoms with Crippen LogP contribution in [0.2, 0.25) is 0 Å². The molecule has 1 heteroatoms. The molecule has 0 saturated heterocycles. The Balaban J connectivity index is 2.62. The van der Waals surface area contributed by atoms with Crippen LogP contribution in [-0.4, -0.2) is 4.57 Å². The maximum atomic E-state index is 2.51. The Labute approximate surface area is 127 Å². The van der Waals surface area contributed by atoms with Crippen molar-refractivity contribution in [1.82, 2.24) is 4.57 Å². The van der Waals surface area contributed by atoms with Crippen LogP contribution in [0.1, 0.15) is 42.5 Å². The first kappa shape index (κ1) is 14.2. The first-order valence-corrected chi connectivity index (χ1v) is 8.11. The summed E-state index contributed by atoms with van der Waals surface area (Å²) < 4.78 is 2.51. The zero-order chi connectivity index (χ0) is 15.1. The van der Waals surface area contributed by atoms with Gasteiger partial charge in [0.05, 0.1) is 5.52 Å². The molecule has 1 aromatic heterocycles. The van der Waals surface area contributed by atoms with Crippen LogP contribution >= 0.6 is 0 Å².